The summed E-state index contributed by atoms with van der Waals surface area (Å²) in [6, 6.07) is 0. The molecule has 0 spiro atoms. The van der Waals surface area contributed by atoms with E-state index in [9.17, 15) is 8.78 Å². The van der Waals surface area contributed by atoms with Crippen LogP contribution in [0.1, 0.15) is 26.2 Å². The molecule has 0 heterocycles. The van der Waals surface area contributed by atoms with Crippen LogP contribution in [0.25, 0.3) is 0 Å². The Kier molecular flexibility index (Phi) is 4.36. The molecule has 0 fully saturated rings. The Bertz CT molecular complexity index is 73.5. The smallest absolute Gasteiger partial charge is 0.206 e. The summed E-state index contributed by atoms with van der Waals surface area (Å²) in [6.45, 7) is 1.91. The highest BCUT2D eigenvalue weighted by Gasteiger charge is 2.25. The standard InChI is InChI=1S/C6H11BrF2/c1-2-3-4-6(8,9)5-7/h2-5H2,1H3. The highest BCUT2D eigenvalue weighted by molar-refractivity contribution is 9.09. The molecule has 0 unspecified atom stereocenters. The maximum Gasteiger partial charge on any atom is 0.257 e. The summed E-state index contributed by atoms with van der Waals surface area (Å²) in [7, 11) is 0. The van der Waals surface area contributed by atoms with Crippen molar-refractivity contribution >= 4 is 15.9 Å². The van der Waals surface area contributed by atoms with Gasteiger partial charge in [-0.1, -0.05) is 29.3 Å². The lowest BCUT2D eigenvalue weighted by Gasteiger charge is -2.10. The van der Waals surface area contributed by atoms with E-state index in [1.54, 1.807) is 0 Å². The lowest BCUT2D eigenvalue weighted by atomic mass is 10.2. The normalized spacial score (nSPS) is 12.0. The van der Waals surface area contributed by atoms with Gasteiger partial charge >= 0.3 is 0 Å². The van der Waals surface area contributed by atoms with Crippen molar-refractivity contribution in [2.24, 2.45) is 0 Å². The Morgan fingerprint density at radius 3 is 2.33 bits per heavy atom. The van der Waals surface area contributed by atoms with E-state index in [1.165, 1.54) is 0 Å². The predicted octanol–water partition coefficient (Wildman–Crippen LogP) is 3.21. The second-order valence-corrected chi connectivity index (χ2v) is 2.65. The van der Waals surface area contributed by atoms with Crippen LogP contribution in [0.4, 0.5) is 8.78 Å². The van der Waals surface area contributed by atoms with Gasteiger partial charge in [0.05, 0.1) is 5.33 Å². The summed E-state index contributed by atoms with van der Waals surface area (Å²) < 4.78 is 24.6. The van der Waals surface area contributed by atoms with Gasteiger partial charge in [0.2, 0.25) is 0 Å². The van der Waals surface area contributed by atoms with Gasteiger partial charge in [-0.3, -0.25) is 0 Å². The van der Waals surface area contributed by atoms with Crippen LogP contribution in [0, 0.1) is 0 Å². The van der Waals surface area contributed by atoms with Gasteiger partial charge in [-0.25, -0.2) is 8.78 Å². The first-order valence-electron chi connectivity index (χ1n) is 3.06. The molecular weight excluding hydrogens is 190 g/mol. The molecule has 0 rings (SSSR count). The largest absolute Gasteiger partial charge is 0.257 e. The molecule has 0 radical (unpaired) electrons. The summed E-state index contributed by atoms with van der Waals surface area (Å²) in [5.74, 6) is -2.49. The molecule has 9 heavy (non-hydrogen) atoms. The van der Waals surface area contributed by atoms with Crippen molar-refractivity contribution < 1.29 is 8.78 Å². The van der Waals surface area contributed by atoms with Crippen molar-refractivity contribution in [2.45, 2.75) is 32.1 Å². The maximum absolute atomic E-state index is 12.3. The van der Waals surface area contributed by atoms with Crippen molar-refractivity contribution in [3.8, 4) is 0 Å². The third kappa shape index (κ3) is 4.82. The Balaban J connectivity index is 3.33. The second kappa shape index (κ2) is 4.20. The quantitative estimate of drug-likeness (QED) is 0.612. The summed E-state index contributed by atoms with van der Waals surface area (Å²) in [5, 5.41) is -0.208. The molecular formula is C6H11BrF2. The molecule has 0 nitrogen and oxygen atoms in total. The third-order valence-electron chi connectivity index (χ3n) is 1.09. The van der Waals surface area contributed by atoms with Gasteiger partial charge in [0.25, 0.3) is 5.92 Å². The summed E-state index contributed by atoms with van der Waals surface area (Å²) >= 11 is 2.75. The first-order chi connectivity index (χ1) is 4.12. The van der Waals surface area contributed by atoms with E-state index in [2.05, 4.69) is 15.9 Å². The Morgan fingerprint density at radius 2 is 2.00 bits per heavy atom. The van der Waals surface area contributed by atoms with Gasteiger partial charge in [0.15, 0.2) is 0 Å². The van der Waals surface area contributed by atoms with Gasteiger partial charge in [0, 0.05) is 6.42 Å². The number of unbranched alkanes of at least 4 members (excludes halogenated alkanes) is 1. The van der Waals surface area contributed by atoms with Gasteiger partial charge < -0.3 is 0 Å². The van der Waals surface area contributed by atoms with Crippen LogP contribution in [0.2, 0.25) is 0 Å². The highest BCUT2D eigenvalue weighted by Crippen LogP contribution is 2.22. The average molecular weight is 201 g/mol. The highest BCUT2D eigenvalue weighted by atomic mass is 79.9. The monoisotopic (exact) mass is 200 g/mol. The van der Waals surface area contributed by atoms with Gasteiger partial charge in [-0.2, -0.15) is 0 Å². The summed E-state index contributed by atoms with van der Waals surface area (Å²) in [5.41, 5.74) is 0. The third-order valence-corrected chi connectivity index (χ3v) is 1.91. The molecule has 0 atom stereocenters. The number of hydrogen-bond acceptors (Lipinski definition) is 0. The van der Waals surface area contributed by atoms with E-state index in [-0.39, 0.29) is 11.8 Å². The molecule has 3 heteroatoms. The first-order valence-corrected chi connectivity index (χ1v) is 4.18. The minimum atomic E-state index is -2.49. The van der Waals surface area contributed by atoms with E-state index in [0.29, 0.717) is 6.42 Å². The zero-order chi connectivity index (χ0) is 7.33. The molecule has 0 aliphatic carbocycles. The molecule has 0 aliphatic heterocycles. The molecule has 0 aromatic heterocycles. The van der Waals surface area contributed by atoms with Crippen molar-refractivity contribution in [2.75, 3.05) is 5.33 Å². The lowest BCUT2D eigenvalue weighted by Crippen LogP contribution is -2.16. The van der Waals surface area contributed by atoms with E-state index >= 15 is 0 Å². The fraction of sp³-hybridized carbons (Fsp3) is 1.00. The van der Waals surface area contributed by atoms with Crippen LogP contribution >= 0.6 is 15.9 Å². The molecule has 0 saturated carbocycles. The van der Waals surface area contributed by atoms with E-state index in [1.807, 2.05) is 6.92 Å². The molecule has 0 aromatic rings. The van der Waals surface area contributed by atoms with Crippen molar-refractivity contribution in [3.05, 3.63) is 0 Å². The zero-order valence-corrected chi connectivity index (χ0v) is 7.05. The Labute approximate surface area is 62.8 Å². The number of halogens is 3. The van der Waals surface area contributed by atoms with Gasteiger partial charge in [-0.15, -0.1) is 0 Å². The Hall–Kier alpha value is 0.340. The number of hydrogen-bond donors (Lipinski definition) is 0. The molecule has 0 saturated heterocycles. The number of rotatable bonds is 4. The van der Waals surface area contributed by atoms with Crippen LogP contribution < -0.4 is 0 Å². The Morgan fingerprint density at radius 1 is 1.44 bits per heavy atom. The summed E-state index contributed by atoms with van der Waals surface area (Å²) in [6.07, 6.45) is 1.45. The van der Waals surface area contributed by atoms with E-state index in [4.69, 9.17) is 0 Å². The van der Waals surface area contributed by atoms with Crippen LogP contribution in [0.3, 0.4) is 0 Å². The van der Waals surface area contributed by atoms with Crippen LogP contribution in [-0.4, -0.2) is 11.3 Å². The average Bonchev–Trinajstić information content (AvgIpc) is 1.84. The molecule has 0 N–H and O–H groups in total. The van der Waals surface area contributed by atoms with Crippen molar-refractivity contribution in [3.63, 3.8) is 0 Å². The second-order valence-electron chi connectivity index (χ2n) is 2.09. The van der Waals surface area contributed by atoms with Crippen LogP contribution in [-0.2, 0) is 0 Å². The minimum absolute atomic E-state index is 0.00868. The molecule has 0 bridgehead atoms. The fourth-order valence-corrected chi connectivity index (χ4v) is 0.783. The van der Waals surface area contributed by atoms with Gasteiger partial charge in [-0.05, 0) is 6.42 Å². The summed E-state index contributed by atoms with van der Waals surface area (Å²) in [4.78, 5) is 0. The SMILES string of the molecule is CCCCC(F)(F)CBr. The molecule has 0 aromatic carbocycles. The van der Waals surface area contributed by atoms with Crippen LogP contribution in [0.5, 0.6) is 0 Å². The molecule has 0 amide bonds. The lowest BCUT2D eigenvalue weighted by molar-refractivity contribution is 0.0174. The number of alkyl halides is 3. The van der Waals surface area contributed by atoms with Crippen LogP contribution in [0.15, 0.2) is 0 Å². The molecule has 56 valence electrons. The van der Waals surface area contributed by atoms with Gasteiger partial charge in [0.1, 0.15) is 0 Å². The topological polar surface area (TPSA) is 0 Å². The fourth-order valence-electron chi connectivity index (χ4n) is 0.502. The zero-order valence-electron chi connectivity index (χ0n) is 5.46. The minimum Gasteiger partial charge on any atom is -0.206 e. The van der Waals surface area contributed by atoms with Crippen molar-refractivity contribution in [1.82, 2.24) is 0 Å². The predicted molar refractivity (Wildman–Crippen MR) is 38.3 cm³/mol. The van der Waals surface area contributed by atoms with E-state index in [0.717, 1.165) is 6.42 Å². The maximum atomic E-state index is 12.3. The van der Waals surface area contributed by atoms with Crippen molar-refractivity contribution in [1.29, 1.82) is 0 Å². The van der Waals surface area contributed by atoms with E-state index < -0.39 is 5.92 Å². The molecule has 0 aliphatic rings. The first kappa shape index (κ1) is 9.34.